The molecule has 0 saturated carbocycles. The van der Waals surface area contributed by atoms with Crippen LogP contribution in [0.15, 0.2) is 17.0 Å². The SMILES string of the molecule is Cl.O=S(=O)(O)c1cc(Cl)c(Cl)cc1Cl. The summed E-state index contributed by atoms with van der Waals surface area (Å²) in [5.41, 5.74) is 0. The van der Waals surface area contributed by atoms with Crippen LogP contribution in [0.25, 0.3) is 0 Å². The van der Waals surface area contributed by atoms with E-state index in [9.17, 15) is 8.42 Å². The Morgan fingerprint density at radius 2 is 1.43 bits per heavy atom. The fraction of sp³-hybridized carbons (Fsp3) is 0. The monoisotopic (exact) mass is 296 g/mol. The molecule has 0 unspecified atom stereocenters. The Kier molecular flexibility index (Phi) is 4.98. The normalized spacial score (nSPS) is 10.9. The standard InChI is InChI=1S/C6H3Cl3O3S.ClH/c7-3-1-5(9)6(2-4(3)8)13(10,11)12;/h1-2H,(H,10,11,12);1H. The molecule has 8 heteroatoms. The summed E-state index contributed by atoms with van der Waals surface area (Å²) in [6.45, 7) is 0. The molecule has 0 aliphatic heterocycles. The van der Waals surface area contributed by atoms with E-state index in [0.717, 1.165) is 12.1 Å². The Morgan fingerprint density at radius 1 is 1.00 bits per heavy atom. The molecule has 0 fully saturated rings. The number of hydrogen-bond acceptors (Lipinski definition) is 2. The predicted molar refractivity (Wildman–Crippen MR) is 58.5 cm³/mol. The molecule has 14 heavy (non-hydrogen) atoms. The Balaban J connectivity index is 0.00000169. The van der Waals surface area contributed by atoms with Gasteiger partial charge in [0.25, 0.3) is 10.1 Å². The van der Waals surface area contributed by atoms with Crippen molar-refractivity contribution in [3.05, 3.63) is 27.2 Å². The number of rotatable bonds is 1. The highest BCUT2D eigenvalue weighted by atomic mass is 35.5. The van der Waals surface area contributed by atoms with Gasteiger partial charge in [-0.15, -0.1) is 12.4 Å². The van der Waals surface area contributed by atoms with Crippen molar-refractivity contribution < 1.29 is 13.0 Å². The molecular formula is C6H4Cl4O3S. The second kappa shape index (κ2) is 4.88. The number of halogens is 4. The van der Waals surface area contributed by atoms with Crippen LogP contribution in [0.1, 0.15) is 0 Å². The molecule has 0 aliphatic carbocycles. The van der Waals surface area contributed by atoms with Crippen LogP contribution in [0.3, 0.4) is 0 Å². The smallest absolute Gasteiger partial charge is 0.282 e. The van der Waals surface area contributed by atoms with Crippen molar-refractivity contribution in [2.45, 2.75) is 4.90 Å². The second-order valence-corrected chi connectivity index (χ2v) is 4.78. The predicted octanol–water partition coefficient (Wildman–Crippen LogP) is 3.32. The van der Waals surface area contributed by atoms with Gasteiger partial charge in [0.05, 0.1) is 15.1 Å². The van der Waals surface area contributed by atoms with E-state index in [1.54, 1.807) is 0 Å². The second-order valence-electron chi connectivity index (χ2n) is 2.17. The van der Waals surface area contributed by atoms with Crippen molar-refractivity contribution >= 4 is 57.3 Å². The first-order chi connectivity index (χ1) is 5.82. The summed E-state index contributed by atoms with van der Waals surface area (Å²) < 4.78 is 30.0. The van der Waals surface area contributed by atoms with Gasteiger partial charge in [0.2, 0.25) is 0 Å². The minimum Gasteiger partial charge on any atom is -0.282 e. The van der Waals surface area contributed by atoms with Crippen molar-refractivity contribution in [3.8, 4) is 0 Å². The van der Waals surface area contributed by atoms with Gasteiger partial charge in [-0.05, 0) is 12.1 Å². The summed E-state index contributed by atoms with van der Waals surface area (Å²) in [6.07, 6.45) is 0. The first-order valence-electron chi connectivity index (χ1n) is 2.94. The molecular weight excluding hydrogens is 294 g/mol. The first kappa shape index (κ1) is 14.3. The molecule has 0 aromatic heterocycles. The fourth-order valence-electron chi connectivity index (χ4n) is 0.702. The molecule has 80 valence electrons. The van der Waals surface area contributed by atoms with Crippen LogP contribution >= 0.6 is 47.2 Å². The topological polar surface area (TPSA) is 54.4 Å². The lowest BCUT2D eigenvalue weighted by molar-refractivity contribution is 0.483. The maximum Gasteiger partial charge on any atom is 0.296 e. The van der Waals surface area contributed by atoms with E-state index in [2.05, 4.69) is 0 Å². The molecule has 1 rings (SSSR count). The Hall–Kier alpha value is 0.290. The first-order valence-corrected chi connectivity index (χ1v) is 5.52. The quantitative estimate of drug-likeness (QED) is 0.639. The van der Waals surface area contributed by atoms with E-state index in [0.29, 0.717) is 0 Å². The Bertz CT molecular complexity index is 443. The summed E-state index contributed by atoms with van der Waals surface area (Å²) in [5, 5.41) is -0.0327. The molecule has 0 radical (unpaired) electrons. The highest BCUT2D eigenvalue weighted by molar-refractivity contribution is 7.86. The molecule has 3 nitrogen and oxygen atoms in total. The summed E-state index contributed by atoms with van der Waals surface area (Å²) >= 11 is 16.6. The van der Waals surface area contributed by atoms with Crippen LogP contribution in [0.2, 0.25) is 15.1 Å². The molecule has 1 aromatic rings. The molecule has 0 bridgehead atoms. The molecule has 0 amide bonds. The van der Waals surface area contributed by atoms with Crippen LogP contribution in [0.5, 0.6) is 0 Å². The zero-order chi connectivity index (χ0) is 10.2. The van der Waals surface area contributed by atoms with Gasteiger partial charge in [-0.3, -0.25) is 4.55 Å². The molecule has 1 N–H and O–H groups in total. The maximum absolute atomic E-state index is 10.7. The molecule has 0 spiro atoms. The zero-order valence-corrected chi connectivity index (χ0v) is 10.3. The number of benzene rings is 1. The average Bonchev–Trinajstić information content (AvgIpc) is 1.94. The molecule has 0 saturated heterocycles. The fourth-order valence-corrected chi connectivity index (χ4v) is 2.18. The average molecular weight is 298 g/mol. The van der Waals surface area contributed by atoms with Crippen molar-refractivity contribution in [3.63, 3.8) is 0 Å². The minimum atomic E-state index is -4.35. The van der Waals surface area contributed by atoms with Crippen LogP contribution in [0.4, 0.5) is 0 Å². The Morgan fingerprint density at radius 3 is 1.86 bits per heavy atom. The van der Waals surface area contributed by atoms with Crippen molar-refractivity contribution in [1.29, 1.82) is 0 Å². The summed E-state index contributed by atoms with van der Waals surface area (Å²) in [5.74, 6) is 0. The van der Waals surface area contributed by atoms with E-state index < -0.39 is 15.0 Å². The summed E-state index contributed by atoms with van der Waals surface area (Å²) in [6, 6.07) is 2.14. The summed E-state index contributed by atoms with van der Waals surface area (Å²) in [4.78, 5) is -0.455. The zero-order valence-electron chi connectivity index (χ0n) is 6.37. The van der Waals surface area contributed by atoms with Gasteiger partial charge < -0.3 is 0 Å². The van der Waals surface area contributed by atoms with E-state index in [4.69, 9.17) is 39.4 Å². The van der Waals surface area contributed by atoms with Crippen LogP contribution in [-0.4, -0.2) is 13.0 Å². The third-order valence-electron chi connectivity index (χ3n) is 1.25. The van der Waals surface area contributed by atoms with E-state index in [1.165, 1.54) is 0 Å². The van der Waals surface area contributed by atoms with E-state index >= 15 is 0 Å². The van der Waals surface area contributed by atoms with Crippen molar-refractivity contribution in [1.82, 2.24) is 0 Å². The lowest BCUT2D eigenvalue weighted by Gasteiger charge is -2.02. The highest BCUT2D eigenvalue weighted by Crippen LogP contribution is 2.31. The highest BCUT2D eigenvalue weighted by Gasteiger charge is 2.16. The van der Waals surface area contributed by atoms with E-state index in [1.807, 2.05) is 0 Å². The lowest BCUT2D eigenvalue weighted by atomic mass is 10.4. The van der Waals surface area contributed by atoms with Gasteiger partial charge >= 0.3 is 0 Å². The van der Waals surface area contributed by atoms with Gasteiger partial charge in [0.1, 0.15) is 4.90 Å². The summed E-state index contributed by atoms with van der Waals surface area (Å²) in [7, 11) is -4.35. The van der Waals surface area contributed by atoms with Crippen molar-refractivity contribution in [2.75, 3.05) is 0 Å². The van der Waals surface area contributed by atoms with Crippen LogP contribution < -0.4 is 0 Å². The van der Waals surface area contributed by atoms with Crippen LogP contribution in [-0.2, 0) is 10.1 Å². The lowest BCUT2D eigenvalue weighted by Crippen LogP contribution is -1.98. The Labute approximate surface area is 102 Å². The van der Waals surface area contributed by atoms with Gasteiger partial charge in [0, 0.05) is 0 Å². The van der Waals surface area contributed by atoms with Gasteiger partial charge in [-0.2, -0.15) is 8.42 Å². The third kappa shape index (κ3) is 3.15. The number of hydrogen-bond donors (Lipinski definition) is 1. The van der Waals surface area contributed by atoms with Crippen molar-refractivity contribution in [2.24, 2.45) is 0 Å². The largest absolute Gasteiger partial charge is 0.296 e. The molecule has 0 atom stereocenters. The van der Waals surface area contributed by atoms with E-state index in [-0.39, 0.29) is 27.5 Å². The van der Waals surface area contributed by atoms with Gasteiger partial charge in [-0.1, -0.05) is 34.8 Å². The van der Waals surface area contributed by atoms with Crippen LogP contribution in [0, 0.1) is 0 Å². The molecule has 1 aromatic carbocycles. The van der Waals surface area contributed by atoms with Gasteiger partial charge in [0.15, 0.2) is 0 Å². The van der Waals surface area contributed by atoms with Gasteiger partial charge in [-0.25, -0.2) is 0 Å². The minimum absolute atomic E-state index is 0. The third-order valence-corrected chi connectivity index (χ3v) is 3.29. The molecule has 0 heterocycles. The molecule has 0 aliphatic rings. The maximum atomic E-state index is 10.7.